The third-order valence-corrected chi connectivity index (χ3v) is 4.02. The van der Waals surface area contributed by atoms with E-state index >= 15 is 0 Å². The Morgan fingerprint density at radius 3 is 2.42 bits per heavy atom. The number of anilines is 1. The molecule has 0 radical (unpaired) electrons. The van der Waals surface area contributed by atoms with Crippen molar-refractivity contribution in [3.63, 3.8) is 0 Å². The molecule has 126 valence electrons. The number of nitrogens with one attached hydrogen (secondary N) is 1. The summed E-state index contributed by atoms with van der Waals surface area (Å²) in [6.45, 7) is 0.248. The van der Waals surface area contributed by atoms with Gasteiger partial charge in [0, 0.05) is 6.54 Å². The van der Waals surface area contributed by atoms with Gasteiger partial charge in [-0.25, -0.2) is 4.79 Å². The number of ether oxygens (including phenoxy) is 1. The number of halogens is 2. The lowest BCUT2D eigenvalue weighted by atomic mass is 10.1. The number of nitrogens with two attached hydrogens (primary N) is 1. The highest BCUT2D eigenvalue weighted by Crippen LogP contribution is 2.33. The van der Waals surface area contributed by atoms with E-state index in [1.54, 1.807) is 31.4 Å². The van der Waals surface area contributed by atoms with Gasteiger partial charge in [0.1, 0.15) is 5.75 Å². The molecule has 2 aromatic carbocycles. The topological polar surface area (TPSA) is 102 Å². The number of carbonyl (C=O) groups is 2. The quantitative estimate of drug-likeness (QED) is 0.703. The number of aromatic carboxylic acids is 1. The lowest BCUT2D eigenvalue weighted by Crippen LogP contribution is -2.24. The highest BCUT2D eigenvalue weighted by Gasteiger charge is 2.22. The average Bonchev–Trinajstić information content (AvgIpc) is 2.56. The molecule has 0 aliphatic heterocycles. The Hall–Kier alpha value is -2.44. The first kappa shape index (κ1) is 17.9. The maximum atomic E-state index is 12.3. The highest BCUT2D eigenvalue weighted by molar-refractivity contribution is 6.41. The molecule has 0 aromatic heterocycles. The molecule has 0 bridgehead atoms. The third-order valence-electron chi connectivity index (χ3n) is 3.33. The van der Waals surface area contributed by atoms with Crippen LogP contribution in [-0.2, 0) is 6.54 Å². The summed E-state index contributed by atoms with van der Waals surface area (Å²) < 4.78 is 5.06. The molecule has 0 saturated carbocycles. The molecule has 0 saturated heterocycles. The second-order valence-electron chi connectivity index (χ2n) is 4.84. The summed E-state index contributed by atoms with van der Waals surface area (Å²) >= 11 is 11.8. The normalized spacial score (nSPS) is 10.3. The van der Waals surface area contributed by atoms with Gasteiger partial charge in [0.25, 0.3) is 5.91 Å². The number of hydrogen-bond acceptors (Lipinski definition) is 4. The molecule has 0 heterocycles. The van der Waals surface area contributed by atoms with E-state index in [0.717, 1.165) is 5.56 Å². The van der Waals surface area contributed by atoms with E-state index in [1.165, 1.54) is 6.07 Å². The molecule has 0 atom stereocenters. The fourth-order valence-electron chi connectivity index (χ4n) is 2.04. The molecule has 2 rings (SSSR count). The van der Waals surface area contributed by atoms with E-state index in [9.17, 15) is 9.59 Å². The largest absolute Gasteiger partial charge is 0.497 e. The molecule has 8 heteroatoms. The van der Waals surface area contributed by atoms with Gasteiger partial charge in [-0.3, -0.25) is 4.79 Å². The molecule has 0 fully saturated rings. The number of rotatable bonds is 5. The molecule has 0 spiro atoms. The van der Waals surface area contributed by atoms with E-state index < -0.39 is 11.9 Å². The molecular weight excluding hydrogens is 355 g/mol. The van der Waals surface area contributed by atoms with Crippen molar-refractivity contribution in [1.29, 1.82) is 0 Å². The summed E-state index contributed by atoms with van der Waals surface area (Å²) in [6, 6.07) is 8.33. The highest BCUT2D eigenvalue weighted by atomic mass is 35.5. The Morgan fingerprint density at radius 1 is 1.25 bits per heavy atom. The SMILES string of the molecule is COc1ccc(CNC(=O)c2cc(Cl)c(C(=O)O)c(Cl)c2N)cc1. The van der Waals surface area contributed by atoms with Gasteiger partial charge in [-0.05, 0) is 23.8 Å². The van der Waals surface area contributed by atoms with Crippen molar-refractivity contribution in [2.45, 2.75) is 6.54 Å². The number of methoxy groups -OCH3 is 1. The van der Waals surface area contributed by atoms with Crippen LogP contribution in [-0.4, -0.2) is 24.1 Å². The van der Waals surface area contributed by atoms with Crippen LogP contribution in [0.2, 0.25) is 10.0 Å². The van der Waals surface area contributed by atoms with Gasteiger partial charge in [-0.2, -0.15) is 0 Å². The van der Waals surface area contributed by atoms with Crippen molar-refractivity contribution < 1.29 is 19.4 Å². The van der Waals surface area contributed by atoms with Crippen molar-refractivity contribution in [3.8, 4) is 5.75 Å². The predicted octanol–water partition coefficient (Wildman–Crippen LogP) is 3.21. The van der Waals surface area contributed by atoms with Crippen LogP contribution in [0.5, 0.6) is 5.75 Å². The summed E-state index contributed by atoms with van der Waals surface area (Å²) in [6.07, 6.45) is 0. The summed E-state index contributed by atoms with van der Waals surface area (Å²) in [7, 11) is 1.56. The van der Waals surface area contributed by atoms with Gasteiger partial charge in [-0.15, -0.1) is 0 Å². The minimum atomic E-state index is -1.32. The van der Waals surface area contributed by atoms with Crippen LogP contribution in [0.3, 0.4) is 0 Å². The maximum absolute atomic E-state index is 12.3. The van der Waals surface area contributed by atoms with Gasteiger partial charge >= 0.3 is 5.97 Å². The van der Waals surface area contributed by atoms with Gasteiger partial charge in [0.2, 0.25) is 0 Å². The molecule has 6 nitrogen and oxygen atoms in total. The Labute approximate surface area is 148 Å². The molecule has 2 aromatic rings. The average molecular weight is 369 g/mol. The van der Waals surface area contributed by atoms with Crippen molar-refractivity contribution in [1.82, 2.24) is 5.32 Å². The summed E-state index contributed by atoms with van der Waals surface area (Å²) in [5, 5.41) is 11.3. The van der Waals surface area contributed by atoms with Gasteiger partial charge in [0.15, 0.2) is 0 Å². The van der Waals surface area contributed by atoms with Crippen LogP contribution < -0.4 is 15.8 Å². The number of benzene rings is 2. The monoisotopic (exact) mass is 368 g/mol. The summed E-state index contributed by atoms with van der Waals surface area (Å²) in [5.41, 5.74) is 6.17. The van der Waals surface area contributed by atoms with E-state index in [-0.39, 0.29) is 33.4 Å². The Kier molecular flexibility index (Phi) is 5.54. The smallest absolute Gasteiger partial charge is 0.338 e. The van der Waals surface area contributed by atoms with Crippen LogP contribution in [0.15, 0.2) is 30.3 Å². The summed E-state index contributed by atoms with van der Waals surface area (Å²) in [5.74, 6) is -1.12. The number of carboxylic acids is 1. The second-order valence-corrected chi connectivity index (χ2v) is 5.63. The molecule has 1 amide bonds. The van der Waals surface area contributed by atoms with Crippen LogP contribution in [0, 0.1) is 0 Å². The summed E-state index contributed by atoms with van der Waals surface area (Å²) in [4.78, 5) is 23.4. The van der Waals surface area contributed by atoms with Crippen molar-refractivity contribution >= 4 is 40.8 Å². The molecule has 0 aliphatic carbocycles. The zero-order chi connectivity index (χ0) is 17.9. The van der Waals surface area contributed by atoms with Gasteiger partial charge in [-0.1, -0.05) is 35.3 Å². The van der Waals surface area contributed by atoms with Crippen LogP contribution in [0.4, 0.5) is 5.69 Å². The maximum Gasteiger partial charge on any atom is 0.338 e. The fourth-order valence-corrected chi connectivity index (χ4v) is 2.66. The van der Waals surface area contributed by atoms with Gasteiger partial charge < -0.3 is 20.9 Å². The molecule has 0 unspecified atom stereocenters. The van der Waals surface area contributed by atoms with E-state index in [0.29, 0.717) is 5.75 Å². The van der Waals surface area contributed by atoms with Crippen molar-refractivity contribution in [3.05, 3.63) is 57.1 Å². The standard InChI is InChI=1S/C16H14Cl2N2O4/c1-24-9-4-2-8(3-5-9)7-20-15(21)10-6-11(17)12(16(22)23)13(18)14(10)19/h2-6H,7,19H2,1H3,(H,20,21)(H,22,23). The third kappa shape index (κ3) is 3.72. The van der Waals surface area contributed by atoms with Crippen molar-refractivity contribution in [2.75, 3.05) is 12.8 Å². The Bertz CT molecular complexity index is 792. The molecule has 24 heavy (non-hydrogen) atoms. The zero-order valence-corrected chi connectivity index (χ0v) is 14.1. The Morgan fingerprint density at radius 2 is 1.88 bits per heavy atom. The first-order valence-corrected chi connectivity index (χ1v) is 7.52. The van der Waals surface area contributed by atoms with Crippen LogP contribution in [0.25, 0.3) is 0 Å². The lowest BCUT2D eigenvalue weighted by Gasteiger charge is -2.12. The number of carbonyl (C=O) groups excluding carboxylic acids is 1. The predicted molar refractivity (Wildman–Crippen MR) is 92.0 cm³/mol. The zero-order valence-electron chi connectivity index (χ0n) is 12.6. The van der Waals surface area contributed by atoms with Crippen LogP contribution >= 0.6 is 23.2 Å². The molecule has 4 N–H and O–H groups in total. The Balaban J connectivity index is 2.19. The number of nitrogen functional groups attached to an aromatic ring is 1. The van der Waals surface area contributed by atoms with Crippen molar-refractivity contribution in [2.24, 2.45) is 0 Å². The molecular formula is C16H14Cl2N2O4. The minimum absolute atomic E-state index is 0.0171. The number of amides is 1. The van der Waals surface area contributed by atoms with E-state index in [4.69, 9.17) is 38.8 Å². The van der Waals surface area contributed by atoms with Crippen LogP contribution in [0.1, 0.15) is 26.3 Å². The molecule has 0 aliphatic rings. The number of carboxylic acid groups (broad SMARTS) is 1. The lowest BCUT2D eigenvalue weighted by molar-refractivity contribution is 0.0696. The minimum Gasteiger partial charge on any atom is -0.497 e. The first-order valence-electron chi connectivity index (χ1n) is 6.77. The number of hydrogen-bond donors (Lipinski definition) is 3. The second kappa shape index (κ2) is 7.42. The van der Waals surface area contributed by atoms with E-state index in [2.05, 4.69) is 5.32 Å². The first-order chi connectivity index (χ1) is 11.3. The van der Waals surface area contributed by atoms with Gasteiger partial charge in [0.05, 0.1) is 34.0 Å². The fraction of sp³-hybridized carbons (Fsp3) is 0.125. The van der Waals surface area contributed by atoms with E-state index in [1.807, 2.05) is 0 Å².